The van der Waals surface area contributed by atoms with E-state index >= 15 is 0 Å². The molecule has 0 saturated heterocycles. The SMILES string of the molecule is Cc1ccc(C(N)c2c(Cl)cnn2C)c(F)c1. The highest BCUT2D eigenvalue weighted by Gasteiger charge is 2.19. The summed E-state index contributed by atoms with van der Waals surface area (Å²) >= 11 is 5.99. The molecule has 3 nitrogen and oxygen atoms in total. The molecular weight excluding hydrogens is 241 g/mol. The van der Waals surface area contributed by atoms with E-state index in [1.54, 1.807) is 17.8 Å². The standard InChI is InChI=1S/C12H13ClFN3/c1-7-3-4-8(10(14)5-7)11(15)12-9(13)6-16-17(12)2/h3-6,11H,15H2,1-2H3. The van der Waals surface area contributed by atoms with E-state index in [4.69, 9.17) is 17.3 Å². The van der Waals surface area contributed by atoms with Crippen molar-refractivity contribution >= 4 is 11.6 Å². The van der Waals surface area contributed by atoms with Gasteiger partial charge in [-0.25, -0.2) is 4.39 Å². The molecule has 90 valence electrons. The van der Waals surface area contributed by atoms with Crippen molar-refractivity contribution in [3.05, 3.63) is 52.1 Å². The van der Waals surface area contributed by atoms with Gasteiger partial charge >= 0.3 is 0 Å². The van der Waals surface area contributed by atoms with Crippen LogP contribution in [0.1, 0.15) is 22.9 Å². The predicted octanol–water partition coefficient (Wildman–Crippen LogP) is 2.57. The van der Waals surface area contributed by atoms with E-state index in [1.807, 2.05) is 13.0 Å². The van der Waals surface area contributed by atoms with Crippen LogP contribution in [0.2, 0.25) is 5.02 Å². The summed E-state index contributed by atoms with van der Waals surface area (Å²) in [6, 6.07) is 4.34. The summed E-state index contributed by atoms with van der Waals surface area (Å²) in [7, 11) is 1.73. The molecule has 0 aliphatic carbocycles. The Hall–Kier alpha value is -1.39. The summed E-state index contributed by atoms with van der Waals surface area (Å²) in [4.78, 5) is 0. The molecule has 1 atom stereocenters. The molecule has 1 unspecified atom stereocenters. The van der Waals surface area contributed by atoms with Crippen LogP contribution in [-0.4, -0.2) is 9.78 Å². The van der Waals surface area contributed by atoms with Crippen LogP contribution < -0.4 is 5.73 Å². The molecule has 0 radical (unpaired) electrons. The number of aromatic nitrogens is 2. The topological polar surface area (TPSA) is 43.8 Å². The number of benzene rings is 1. The van der Waals surface area contributed by atoms with Crippen LogP contribution in [0.25, 0.3) is 0 Å². The van der Waals surface area contributed by atoms with E-state index in [0.29, 0.717) is 16.3 Å². The molecule has 0 aliphatic rings. The van der Waals surface area contributed by atoms with Gasteiger partial charge in [-0.15, -0.1) is 0 Å². The number of rotatable bonds is 2. The minimum absolute atomic E-state index is 0.324. The number of nitrogens with zero attached hydrogens (tertiary/aromatic N) is 2. The van der Waals surface area contributed by atoms with Gasteiger partial charge in [0.05, 0.1) is 23.0 Å². The van der Waals surface area contributed by atoms with E-state index in [2.05, 4.69) is 5.10 Å². The van der Waals surface area contributed by atoms with Gasteiger partial charge in [0.25, 0.3) is 0 Å². The molecule has 5 heteroatoms. The highest BCUT2D eigenvalue weighted by molar-refractivity contribution is 6.31. The largest absolute Gasteiger partial charge is 0.319 e. The highest BCUT2D eigenvalue weighted by atomic mass is 35.5. The first-order valence-corrected chi connectivity index (χ1v) is 5.57. The lowest BCUT2D eigenvalue weighted by atomic mass is 10.0. The van der Waals surface area contributed by atoms with Gasteiger partial charge in [-0.05, 0) is 18.6 Å². The van der Waals surface area contributed by atoms with Crippen LogP contribution in [0.3, 0.4) is 0 Å². The van der Waals surface area contributed by atoms with Crippen molar-refractivity contribution in [2.45, 2.75) is 13.0 Å². The Morgan fingerprint density at radius 1 is 1.47 bits per heavy atom. The number of aryl methyl sites for hydroxylation is 2. The lowest BCUT2D eigenvalue weighted by molar-refractivity contribution is 0.585. The van der Waals surface area contributed by atoms with E-state index < -0.39 is 6.04 Å². The van der Waals surface area contributed by atoms with Gasteiger partial charge in [0, 0.05) is 12.6 Å². The van der Waals surface area contributed by atoms with Crippen molar-refractivity contribution < 1.29 is 4.39 Å². The van der Waals surface area contributed by atoms with Gasteiger partial charge in [-0.3, -0.25) is 4.68 Å². The smallest absolute Gasteiger partial charge is 0.128 e. The molecule has 0 amide bonds. The molecular formula is C12H13ClFN3. The summed E-state index contributed by atoms with van der Waals surface area (Å²) in [6.45, 7) is 1.83. The van der Waals surface area contributed by atoms with Crippen molar-refractivity contribution in [1.82, 2.24) is 9.78 Å². The average Bonchev–Trinajstić information content (AvgIpc) is 2.58. The molecule has 17 heavy (non-hydrogen) atoms. The van der Waals surface area contributed by atoms with Gasteiger partial charge in [0.1, 0.15) is 5.82 Å². The molecule has 0 bridgehead atoms. The van der Waals surface area contributed by atoms with Crippen LogP contribution in [0.4, 0.5) is 4.39 Å². The maximum Gasteiger partial charge on any atom is 0.128 e. The van der Waals surface area contributed by atoms with E-state index in [9.17, 15) is 4.39 Å². The molecule has 0 saturated carbocycles. The van der Waals surface area contributed by atoms with Crippen LogP contribution in [0.5, 0.6) is 0 Å². The van der Waals surface area contributed by atoms with Crippen LogP contribution in [0, 0.1) is 12.7 Å². The third-order valence-corrected chi connectivity index (χ3v) is 3.01. The Morgan fingerprint density at radius 3 is 2.71 bits per heavy atom. The number of hydrogen-bond donors (Lipinski definition) is 1. The Labute approximate surface area is 104 Å². The molecule has 0 aliphatic heterocycles. The lowest BCUT2D eigenvalue weighted by Crippen LogP contribution is -2.17. The van der Waals surface area contributed by atoms with Crippen molar-refractivity contribution in [2.75, 3.05) is 0 Å². The third-order valence-electron chi connectivity index (χ3n) is 2.72. The predicted molar refractivity (Wildman–Crippen MR) is 65.4 cm³/mol. The number of nitrogens with two attached hydrogens (primary N) is 1. The van der Waals surface area contributed by atoms with Crippen molar-refractivity contribution in [3.8, 4) is 0 Å². The van der Waals surface area contributed by atoms with Gasteiger partial charge in [-0.1, -0.05) is 23.7 Å². The molecule has 2 N–H and O–H groups in total. The molecule has 0 spiro atoms. The molecule has 0 fully saturated rings. The second-order valence-corrected chi connectivity index (χ2v) is 4.41. The second-order valence-electron chi connectivity index (χ2n) is 4.00. The maximum absolute atomic E-state index is 13.8. The van der Waals surface area contributed by atoms with Crippen LogP contribution in [0.15, 0.2) is 24.4 Å². The van der Waals surface area contributed by atoms with E-state index in [0.717, 1.165) is 5.56 Å². The minimum Gasteiger partial charge on any atom is -0.319 e. The van der Waals surface area contributed by atoms with Crippen molar-refractivity contribution in [3.63, 3.8) is 0 Å². The number of hydrogen-bond acceptors (Lipinski definition) is 2. The zero-order valence-electron chi connectivity index (χ0n) is 9.61. The monoisotopic (exact) mass is 253 g/mol. The first-order chi connectivity index (χ1) is 8.00. The minimum atomic E-state index is -0.615. The summed E-state index contributed by atoms with van der Waals surface area (Å²) in [5.74, 6) is -0.324. The molecule has 2 aromatic rings. The quantitative estimate of drug-likeness (QED) is 0.894. The summed E-state index contributed by atoms with van der Waals surface area (Å²) in [5, 5.41) is 4.44. The Bertz CT molecular complexity index is 531. The molecule has 1 aromatic carbocycles. The number of halogens is 2. The maximum atomic E-state index is 13.8. The zero-order chi connectivity index (χ0) is 12.6. The van der Waals surface area contributed by atoms with Gasteiger partial charge in [0.15, 0.2) is 0 Å². The summed E-state index contributed by atoms with van der Waals surface area (Å²) < 4.78 is 15.4. The highest BCUT2D eigenvalue weighted by Crippen LogP contribution is 2.27. The Kier molecular flexibility index (Phi) is 3.17. The normalized spacial score (nSPS) is 12.8. The van der Waals surface area contributed by atoms with Crippen molar-refractivity contribution in [1.29, 1.82) is 0 Å². The van der Waals surface area contributed by atoms with Gasteiger partial charge in [0.2, 0.25) is 0 Å². The van der Waals surface area contributed by atoms with Crippen molar-refractivity contribution in [2.24, 2.45) is 12.8 Å². The Morgan fingerprint density at radius 2 is 2.18 bits per heavy atom. The van der Waals surface area contributed by atoms with E-state index in [-0.39, 0.29) is 5.82 Å². The van der Waals surface area contributed by atoms with Crippen LogP contribution >= 0.6 is 11.6 Å². The third kappa shape index (κ3) is 2.18. The zero-order valence-corrected chi connectivity index (χ0v) is 10.4. The lowest BCUT2D eigenvalue weighted by Gasteiger charge is -2.14. The second kappa shape index (κ2) is 4.47. The molecule has 1 heterocycles. The molecule has 1 aromatic heterocycles. The first-order valence-electron chi connectivity index (χ1n) is 5.19. The summed E-state index contributed by atoms with van der Waals surface area (Å²) in [5.41, 5.74) is 7.91. The van der Waals surface area contributed by atoms with Crippen LogP contribution in [-0.2, 0) is 7.05 Å². The molecule has 2 rings (SSSR count). The fourth-order valence-corrected chi connectivity index (χ4v) is 2.09. The fourth-order valence-electron chi connectivity index (χ4n) is 1.80. The summed E-state index contributed by atoms with van der Waals surface area (Å²) in [6.07, 6.45) is 1.50. The van der Waals surface area contributed by atoms with Gasteiger partial charge in [-0.2, -0.15) is 5.10 Å². The fraction of sp³-hybridized carbons (Fsp3) is 0.250. The average molecular weight is 254 g/mol. The van der Waals surface area contributed by atoms with Gasteiger partial charge < -0.3 is 5.73 Å². The first kappa shape index (κ1) is 12.1. The Balaban J connectivity index is 2.47. The van der Waals surface area contributed by atoms with E-state index in [1.165, 1.54) is 12.3 Å².